The van der Waals surface area contributed by atoms with E-state index in [1.807, 2.05) is 0 Å². The molecule has 0 saturated carbocycles. The Morgan fingerprint density at radius 2 is 1.00 bits per heavy atom. The smallest absolute Gasteiger partial charge is 0.347 e. The van der Waals surface area contributed by atoms with Crippen LogP contribution in [0, 0.1) is 0 Å². The largest absolute Gasteiger partial charge is 0.391 e. The Morgan fingerprint density at radius 3 is 1.30 bits per heavy atom. The van der Waals surface area contributed by atoms with Crippen molar-refractivity contribution in [2.45, 2.75) is 52.0 Å². The minimum atomic E-state index is -2.40. The molecular weight excluding hydrogens is 300 g/mol. The molecular formula is C20H28O2Si. The summed E-state index contributed by atoms with van der Waals surface area (Å²) in [5, 5.41) is 0. The van der Waals surface area contributed by atoms with E-state index in [-0.39, 0.29) is 12.2 Å². The molecule has 0 atom stereocenters. The first-order chi connectivity index (χ1) is 11.0. The maximum atomic E-state index is 6.47. The van der Waals surface area contributed by atoms with Crippen LogP contribution in [0.4, 0.5) is 0 Å². The molecule has 0 fully saturated rings. The minimum Gasteiger partial charge on any atom is -0.391 e. The molecule has 0 heterocycles. The van der Waals surface area contributed by atoms with Gasteiger partial charge in [-0.3, -0.25) is 0 Å². The molecule has 2 aromatic carbocycles. The summed E-state index contributed by atoms with van der Waals surface area (Å²) >= 11 is 0. The van der Waals surface area contributed by atoms with E-state index >= 15 is 0 Å². The van der Waals surface area contributed by atoms with E-state index in [2.05, 4.69) is 88.4 Å². The highest BCUT2D eigenvalue weighted by atomic mass is 28.4. The van der Waals surface area contributed by atoms with Crippen molar-refractivity contribution >= 4 is 8.56 Å². The highest BCUT2D eigenvalue weighted by Crippen LogP contribution is 2.23. The fourth-order valence-corrected chi connectivity index (χ4v) is 6.88. The SMILES string of the molecule is CC(C)O[Si](Cc1ccccc1)(Cc1ccccc1)OC(C)C. The van der Waals surface area contributed by atoms with Gasteiger partial charge in [-0.1, -0.05) is 60.7 Å². The number of hydrogen-bond donors (Lipinski definition) is 0. The predicted molar refractivity (Wildman–Crippen MR) is 98.5 cm³/mol. The third-order valence-corrected chi connectivity index (χ3v) is 7.23. The lowest BCUT2D eigenvalue weighted by molar-refractivity contribution is 0.103. The van der Waals surface area contributed by atoms with E-state index in [0.717, 1.165) is 12.1 Å². The molecule has 0 spiro atoms. The number of hydrogen-bond acceptors (Lipinski definition) is 2. The summed E-state index contributed by atoms with van der Waals surface area (Å²) in [7, 11) is -2.40. The second-order valence-corrected chi connectivity index (χ2v) is 9.57. The van der Waals surface area contributed by atoms with Crippen LogP contribution in [0.3, 0.4) is 0 Å². The number of benzene rings is 2. The van der Waals surface area contributed by atoms with Crippen molar-refractivity contribution < 1.29 is 8.85 Å². The van der Waals surface area contributed by atoms with Crippen molar-refractivity contribution in [1.29, 1.82) is 0 Å². The third kappa shape index (κ3) is 5.94. The summed E-state index contributed by atoms with van der Waals surface area (Å²) in [6, 6.07) is 22.9. The second-order valence-electron chi connectivity index (χ2n) is 6.57. The normalized spacial score (nSPS) is 12.1. The van der Waals surface area contributed by atoms with E-state index in [0.29, 0.717) is 0 Å². The van der Waals surface area contributed by atoms with Gasteiger partial charge < -0.3 is 8.85 Å². The first-order valence-corrected chi connectivity index (χ1v) is 10.7. The van der Waals surface area contributed by atoms with Crippen molar-refractivity contribution in [2.24, 2.45) is 0 Å². The summed E-state index contributed by atoms with van der Waals surface area (Å²) < 4.78 is 12.9. The molecule has 0 N–H and O–H groups in total. The summed E-state index contributed by atoms with van der Waals surface area (Å²) in [6.07, 6.45) is 0.320. The Balaban J connectivity index is 2.32. The Bertz CT molecular complexity index is 513. The monoisotopic (exact) mass is 328 g/mol. The molecule has 0 unspecified atom stereocenters. The Labute approximate surface area is 141 Å². The van der Waals surface area contributed by atoms with E-state index in [1.54, 1.807) is 0 Å². The third-order valence-electron chi connectivity index (χ3n) is 3.53. The predicted octanol–water partition coefficient (Wildman–Crippen LogP) is 4.84. The molecule has 0 aromatic heterocycles. The molecule has 0 aliphatic rings. The van der Waals surface area contributed by atoms with Gasteiger partial charge >= 0.3 is 8.56 Å². The van der Waals surface area contributed by atoms with Gasteiger partial charge in [-0.2, -0.15) is 0 Å². The minimum absolute atomic E-state index is 0.160. The van der Waals surface area contributed by atoms with Crippen LogP contribution in [0.2, 0.25) is 0 Å². The molecule has 23 heavy (non-hydrogen) atoms. The quantitative estimate of drug-likeness (QED) is 0.645. The Morgan fingerprint density at radius 1 is 0.652 bits per heavy atom. The molecule has 0 radical (unpaired) electrons. The zero-order valence-corrected chi connectivity index (χ0v) is 15.7. The van der Waals surface area contributed by atoms with Crippen LogP contribution in [-0.2, 0) is 20.9 Å². The first kappa shape index (κ1) is 17.9. The maximum Gasteiger partial charge on any atom is 0.347 e. The molecule has 0 amide bonds. The molecule has 3 heteroatoms. The zero-order chi connectivity index (χ0) is 16.7. The molecule has 124 valence electrons. The van der Waals surface area contributed by atoms with Crippen LogP contribution in [0.15, 0.2) is 60.7 Å². The average Bonchev–Trinajstić information content (AvgIpc) is 2.47. The molecule has 2 rings (SSSR count). The van der Waals surface area contributed by atoms with Gasteiger partial charge in [0.25, 0.3) is 0 Å². The lowest BCUT2D eigenvalue weighted by Crippen LogP contribution is -2.51. The average molecular weight is 329 g/mol. The summed E-state index contributed by atoms with van der Waals surface area (Å²) in [5.74, 6) is 0. The fourth-order valence-electron chi connectivity index (χ4n) is 2.93. The lowest BCUT2D eigenvalue weighted by atomic mass is 10.2. The van der Waals surface area contributed by atoms with Crippen molar-refractivity contribution in [3.8, 4) is 0 Å². The highest BCUT2D eigenvalue weighted by Gasteiger charge is 2.40. The Kier molecular flexibility index (Phi) is 6.57. The standard InChI is InChI=1S/C20H28O2Si/c1-17(2)21-23(22-18(3)4,15-19-11-7-5-8-12-19)16-20-13-9-6-10-14-20/h5-14,17-18H,15-16H2,1-4H3. The zero-order valence-electron chi connectivity index (χ0n) is 14.7. The number of rotatable bonds is 8. The highest BCUT2D eigenvalue weighted by molar-refractivity contribution is 6.66. The van der Waals surface area contributed by atoms with Crippen molar-refractivity contribution in [1.82, 2.24) is 0 Å². The van der Waals surface area contributed by atoms with Gasteiger partial charge in [-0.15, -0.1) is 0 Å². The lowest BCUT2D eigenvalue weighted by Gasteiger charge is -2.34. The Hall–Kier alpha value is -1.42. The van der Waals surface area contributed by atoms with Crippen molar-refractivity contribution in [3.63, 3.8) is 0 Å². The van der Waals surface area contributed by atoms with Crippen LogP contribution in [-0.4, -0.2) is 20.8 Å². The van der Waals surface area contributed by atoms with Crippen molar-refractivity contribution in [2.75, 3.05) is 0 Å². The fraction of sp³-hybridized carbons (Fsp3) is 0.400. The molecule has 0 bridgehead atoms. The van der Waals surface area contributed by atoms with Gasteiger partial charge in [0.2, 0.25) is 0 Å². The van der Waals surface area contributed by atoms with E-state index in [4.69, 9.17) is 8.85 Å². The molecule has 2 nitrogen and oxygen atoms in total. The van der Waals surface area contributed by atoms with Gasteiger partial charge in [0.05, 0.1) is 0 Å². The van der Waals surface area contributed by atoms with E-state index in [1.165, 1.54) is 11.1 Å². The van der Waals surface area contributed by atoms with Gasteiger partial charge in [0, 0.05) is 24.3 Å². The topological polar surface area (TPSA) is 18.5 Å². The van der Waals surface area contributed by atoms with Crippen LogP contribution in [0.1, 0.15) is 38.8 Å². The second kappa shape index (κ2) is 8.43. The van der Waals surface area contributed by atoms with Crippen LogP contribution in [0.25, 0.3) is 0 Å². The van der Waals surface area contributed by atoms with Gasteiger partial charge in [-0.05, 0) is 38.8 Å². The maximum absolute atomic E-state index is 6.47. The summed E-state index contributed by atoms with van der Waals surface area (Å²) in [4.78, 5) is 0. The van der Waals surface area contributed by atoms with E-state index in [9.17, 15) is 0 Å². The molecule has 2 aromatic rings. The first-order valence-electron chi connectivity index (χ1n) is 8.42. The van der Waals surface area contributed by atoms with Crippen LogP contribution >= 0.6 is 0 Å². The van der Waals surface area contributed by atoms with Gasteiger partial charge in [-0.25, -0.2) is 0 Å². The summed E-state index contributed by atoms with van der Waals surface area (Å²) in [5.41, 5.74) is 2.58. The molecule has 0 aliphatic heterocycles. The molecule has 0 saturated heterocycles. The molecule has 0 aliphatic carbocycles. The van der Waals surface area contributed by atoms with E-state index < -0.39 is 8.56 Å². The van der Waals surface area contributed by atoms with Gasteiger partial charge in [0.15, 0.2) is 0 Å². The summed E-state index contributed by atoms with van der Waals surface area (Å²) in [6.45, 7) is 8.39. The van der Waals surface area contributed by atoms with Crippen molar-refractivity contribution in [3.05, 3.63) is 71.8 Å². The van der Waals surface area contributed by atoms with Crippen LogP contribution < -0.4 is 0 Å². The van der Waals surface area contributed by atoms with Gasteiger partial charge in [0.1, 0.15) is 0 Å². The van der Waals surface area contributed by atoms with Crippen LogP contribution in [0.5, 0.6) is 0 Å².